The summed E-state index contributed by atoms with van der Waals surface area (Å²) in [4.78, 5) is 50.3. The average Bonchev–Trinajstić information content (AvgIpc) is 2.75. The number of aromatic nitrogens is 1. The summed E-state index contributed by atoms with van der Waals surface area (Å²) in [6.07, 6.45) is 3.84. The Balaban J connectivity index is 1.66. The monoisotopic (exact) mass is 424 g/mol. The predicted octanol–water partition coefficient (Wildman–Crippen LogP) is 1.32. The number of hydrogen-bond donors (Lipinski definition) is 2. The van der Waals surface area contributed by atoms with Crippen LogP contribution in [0, 0.1) is 11.8 Å². The van der Waals surface area contributed by atoms with E-state index in [1.807, 2.05) is 0 Å². The minimum absolute atomic E-state index is 0.0216. The van der Waals surface area contributed by atoms with Crippen LogP contribution in [0.4, 0.5) is 0 Å². The summed E-state index contributed by atoms with van der Waals surface area (Å²) in [5.41, 5.74) is 6.53. The van der Waals surface area contributed by atoms with Gasteiger partial charge < -0.3 is 16.0 Å². The molecule has 3 amide bonds. The van der Waals surface area contributed by atoms with Crippen molar-refractivity contribution in [1.82, 2.24) is 14.8 Å². The lowest BCUT2D eigenvalue weighted by Crippen LogP contribution is -2.49. The number of hydrogen-bond acceptors (Lipinski definition) is 4. The van der Waals surface area contributed by atoms with Crippen molar-refractivity contribution in [3.63, 3.8) is 0 Å². The van der Waals surface area contributed by atoms with Gasteiger partial charge in [-0.2, -0.15) is 0 Å². The molecule has 1 saturated carbocycles. The Bertz CT molecular complexity index is 1010. The van der Waals surface area contributed by atoms with E-state index in [2.05, 4.69) is 5.32 Å². The van der Waals surface area contributed by atoms with Crippen LogP contribution in [-0.2, 0) is 9.59 Å². The van der Waals surface area contributed by atoms with E-state index in [1.54, 1.807) is 61.6 Å². The molecule has 31 heavy (non-hydrogen) atoms. The Morgan fingerprint density at radius 3 is 2.42 bits per heavy atom. The number of nitrogens with two attached hydrogens (primary N) is 1. The van der Waals surface area contributed by atoms with Gasteiger partial charge >= 0.3 is 0 Å². The summed E-state index contributed by atoms with van der Waals surface area (Å²) in [7, 11) is 3.42. The molecule has 1 aliphatic rings. The molecule has 3 unspecified atom stereocenters. The molecule has 164 valence electrons. The number of pyridine rings is 1. The highest BCUT2D eigenvalue weighted by atomic mass is 16.2. The molecule has 2 aromatic rings. The van der Waals surface area contributed by atoms with Gasteiger partial charge in [0.25, 0.3) is 11.5 Å². The fourth-order valence-corrected chi connectivity index (χ4v) is 4.03. The molecule has 1 aliphatic carbocycles. The highest BCUT2D eigenvalue weighted by molar-refractivity contribution is 5.95. The highest BCUT2D eigenvalue weighted by Gasteiger charge is 2.36. The molecule has 0 radical (unpaired) electrons. The van der Waals surface area contributed by atoms with Crippen LogP contribution in [0.1, 0.15) is 36.0 Å². The van der Waals surface area contributed by atoms with E-state index in [9.17, 15) is 19.2 Å². The molecular formula is C23H28N4O4. The number of nitrogens with one attached hydrogen (secondary N) is 1. The first-order chi connectivity index (χ1) is 14.8. The number of benzene rings is 1. The van der Waals surface area contributed by atoms with Gasteiger partial charge in [-0.15, -0.1) is 0 Å². The van der Waals surface area contributed by atoms with Crippen molar-refractivity contribution in [2.45, 2.75) is 31.7 Å². The quantitative estimate of drug-likeness (QED) is 0.728. The maximum absolute atomic E-state index is 12.8. The van der Waals surface area contributed by atoms with Gasteiger partial charge in [0.2, 0.25) is 11.8 Å². The zero-order valence-electron chi connectivity index (χ0n) is 17.8. The molecule has 8 heteroatoms. The Labute approximate surface area is 181 Å². The maximum Gasteiger partial charge on any atom is 0.255 e. The van der Waals surface area contributed by atoms with E-state index in [-0.39, 0.29) is 29.3 Å². The van der Waals surface area contributed by atoms with Crippen molar-refractivity contribution in [1.29, 1.82) is 0 Å². The first kappa shape index (κ1) is 22.3. The second kappa shape index (κ2) is 9.59. The molecule has 0 saturated heterocycles. The van der Waals surface area contributed by atoms with Gasteiger partial charge in [0, 0.05) is 50.1 Å². The first-order valence-corrected chi connectivity index (χ1v) is 10.3. The third kappa shape index (κ3) is 5.39. The van der Waals surface area contributed by atoms with Crippen molar-refractivity contribution in [2.75, 3.05) is 14.1 Å². The molecule has 1 heterocycles. The third-order valence-corrected chi connectivity index (χ3v) is 5.83. The Morgan fingerprint density at radius 2 is 1.81 bits per heavy atom. The van der Waals surface area contributed by atoms with E-state index in [0.717, 1.165) is 6.42 Å². The number of nitrogens with zero attached hydrogens (tertiary/aromatic N) is 2. The van der Waals surface area contributed by atoms with Gasteiger partial charge in [0.1, 0.15) is 0 Å². The summed E-state index contributed by atoms with van der Waals surface area (Å²) in [5.74, 6) is -1.19. The van der Waals surface area contributed by atoms with E-state index in [0.29, 0.717) is 30.5 Å². The number of carbonyl (C=O) groups is 3. The van der Waals surface area contributed by atoms with Crippen LogP contribution in [0.25, 0.3) is 5.69 Å². The lowest BCUT2D eigenvalue weighted by molar-refractivity contribution is -0.131. The molecule has 8 nitrogen and oxygen atoms in total. The molecule has 0 aliphatic heterocycles. The van der Waals surface area contributed by atoms with Crippen LogP contribution in [0.3, 0.4) is 0 Å². The maximum atomic E-state index is 12.8. The summed E-state index contributed by atoms with van der Waals surface area (Å²) in [6.45, 7) is 0. The minimum atomic E-state index is -0.514. The fourth-order valence-electron chi connectivity index (χ4n) is 4.03. The van der Waals surface area contributed by atoms with Crippen LogP contribution in [0.2, 0.25) is 0 Å². The normalized spacial score (nSPS) is 20.6. The van der Waals surface area contributed by atoms with Gasteiger partial charge in [-0.1, -0.05) is 6.07 Å². The Morgan fingerprint density at radius 1 is 1.10 bits per heavy atom. The van der Waals surface area contributed by atoms with Crippen molar-refractivity contribution in [3.8, 4) is 5.69 Å². The van der Waals surface area contributed by atoms with Crippen LogP contribution >= 0.6 is 0 Å². The predicted molar refractivity (Wildman–Crippen MR) is 117 cm³/mol. The highest BCUT2D eigenvalue weighted by Crippen LogP contribution is 2.32. The molecule has 3 N–H and O–H groups in total. The smallest absolute Gasteiger partial charge is 0.255 e. The van der Waals surface area contributed by atoms with E-state index >= 15 is 0 Å². The van der Waals surface area contributed by atoms with Crippen molar-refractivity contribution < 1.29 is 14.4 Å². The Hall–Kier alpha value is -3.42. The standard InChI is InChI=1S/C23H28N4O4/c1-26(2)21(29)14-15-6-11-19(18(13-15)22(24)30)25-23(31)16-7-9-17(10-8-16)27-12-4-3-5-20(27)28/h3-5,7-10,12,15,18-19H,6,11,13-14H2,1-2H3,(H2,24,30)(H,25,31). The van der Waals surface area contributed by atoms with E-state index < -0.39 is 11.8 Å². The van der Waals surface area contributed by atoms with Crippen molar-refractivity contribution in [2.24, 2.45) is 17.6 Å². The van der Waals surface area contributed by atoms with Crippen molar-refractivity contribution in [3.05, 3.63) is 64.6 Å². The molecule has 3 rings (SSSR count). The SMILES string of the molecule is CN(C)C(=O)CC1CCC(NC(=O)c2ccc(-n3ccccc3=O)cc2)C(C(N)=O)C1. The second-order valence-corrected chi connectivity index (χ2v) is 8.22. The number of amides is 3. The van der Waals surface area contributed by atoms with Gasteiger partial charge in [0.05, 0.1) is 5.92 Å². The number of carbonyl (C=O) groups excluding carboxylic acids is 3. The minimum Gasteiger partial charge on any atom is -0.369 e. The summed E-state index contributed by atoms with van der Waals surface area (Å²) in [6, 6.07) is 11.2. The lowest BCUT2D eigenvalue weighted by atomic mass is 9.76. The van der Waals surface area contributed by atoms with Gasteiger partial charge in [-0.3, -0.25) is 23.7 Å². The zero-order valence-corrected chi connectivity index (χ0v) is 17.8. The average molecular weight is 425 g/mol. The molecule has 1 aromatic carbocycles. The molecular weight excluding hydrogens is 396 g/mol. The zero-order chi connectivity index (χ0) is 22.5. The second-order valence-electron chi connectivity index (χ2n) is 8.22. The number of primary amides is 1. The fraction of sp³-hybridized carbons (Fsp3) is 0.391. The van der Waals surface area contributed by atoms with Gasteiger partial charge in [-0.25, -0.2) is 0 Å². The summed E-state index contributed by atoms with van der Waals surface area (Å²) in [5, 5.41) is 2.93. The summed E-state index contributed by atoms with van der Waals surface area (Å²) >= 11 is 0. The van der Waals surface area contributed by atoms with Crippen LogP contribution in [0.15, 0.2) is 53.5 Å². The van der Waals surface area contributed by atoms with Gasteiger partial charge in [-0.05, 0) is 55.5 Å². The lowest BCUT2D eigenvalue weighted by Gasteiger charge is -2.35. The molecule has 1 fully saturated rings. The largest absolute Gasteiger partial charge is 0.369 e. The van der Waals surface area contributed by atoms with E-state index in [1.165, 1.54) is 10.6 Å². The molecule has 1 aromatic heterocycles. The van der Waals surface area contributed by atoms with Crippen LogP contribution in [-0.4, -0.2) is 47.3 Å². The van der Waals surface area contributed by atoms with E-state index in [4.69, 9.17) is 5.73 Å². The number of rotatable bonds is 6. The topological polar surface area (TPSA) is 114 Å². The molecule has 3 atom stereocenters. The Kier molecular flexibility index (Phi) is 6.89. The molecule has 0 spiro atoms. The van der Waals surface area contributed by atoms with Crippen molar-refractivity contribution >= 4 is 17.7 Å². The third-order valence-electron chi connectivity index (χ3n) is 5.83. The van der Waals surface area contributed by atoms with Gasteiger partial charge in [0.15, 0.2) is 0 Å². The van der Waals surface area contributed by atoms with Crippen LogP contribution in [0.5, 0.6) is 0 Å². The van der Waals surface area contributed by atoms with Crippen LogP contribution < -0.4 is 16.6 Å². The first-order valence-electron chi connectivity index (χ1n) is 10.3. The molecule has 0 bridgehead atoms. The summed E-state index contributed by atoms with van der Waals surface area (Å²) < 4.78 is 1.49.